The van der Waals surface area contributed by atoms with Crippen molar-refractivity contribution in [3.8, 4) is 0 Å². The fourth-order valence-electron chi connectivity index (χ4n) is 3.18. The molecule has 3 heterocycles. The van der Waals surface area contributed by atoms with Crippen LogP contribution in [-0.4, -0.2) is 62.9 Å². The van der Waals surface area contributed by atoms with Crippen LogP contribution in [0, 0.1) is 0 Å². The van der Waals surface area contributed by atoms with Crippen LogP contribution in [0.3, 0.4) is 0 Å². The van der Waals surface area contributed by atoms with Crippen LogP contribution in [0.2, 0.25) is 0 Å². The van der Waals surface area contributed by atoms with Gasteiger partial charge in [-0.1, -0.05) is 12.8 Å². The van der Waals surface area contributed by atoms with E-state index in [1.165, 1.54) is 19.0 Å². The Kier molecular flexibility index (Phi) is 4.96. The molecule has 2 aliphatic heterocycles. The summed E-state index contributed by atoms with van der Waals surface area (Å²) in [6.45, 7) is 1.33. The molecule has 3 rings (SSSR count). The van der Waals surface area contributed by atoms with Crippen molar-refractivity contribution in [3.05, 3.63) is 22.7 Å². The second-order valence-electron chi connectivity index (χ2n) is 6.11. The Balaban J connectivity index is 1.81. The van der Waals surface area contributed by atoms with Crippen molar-refractivity contribution < 1.29 is 20.1 Å². The molecule has 2 fully saturated rings. The van der Waals surface area contributed by atoms with E-state index in [2.05, 4.69) is 9.88 Å². The van der Waals surface area contributed by atoms with Crippen LogP contribution in [0.5, 0.6) is 0 Å². The lowest BCUT2D eigenvalue weighted by Gasteiger charge is -2.22. The standard InChI is InChI=1S/C15H23N3O5/c19-9-10-12(20)13(21)14(23-10)18-8-5-11(16-15(18)22)17-6-3-1-2-4-7-17/h5,8,10,12-14,19-21H,1-4,6-7,9H2/t10-,12+,13-,14+/m0/s1. The number of aliphatic hydroxyl groups is 3. The molecule has 8 nitrogen and oxygen atoms in total. The van der Waals surface area contributed by atoms with Gasteiger partial charge in [0.15, 0.2) is 6.23 Å². The molecular weight excluding hydrogens is 302 g/mol. The van der Waals surface area contributed by atoms with Gasteiger partial charge in [0, 0.05) is 19.3 Å². The molecule has 0 bridgehead atoms. The number of aromatic nitrogens is 2. The summed E-state index contributed by atoms with van der Waals surface area (Å²) in [7, 11) is 0. The fourth-order valence-corrected chi connectivity index (χ4v) is 3.18. The highest BCUT2D eigenvalue weighted by molar-refractivity contribution is 5.36. The van der Waals surface area contributed by atoms with Gasteiger partial charge in [0.25, 0.3) is 0 Å². The van der Waals surface area contributed by atoms with Crippen molar-refractivity contribution in [1.82, 2.24) is 9.55 Å². The first-order valence-corrected chi connectivity index (χ1v) is 8.08. The van der Waals surface area contributed by atoms with Crippen molar-refractivity contribution in [2.75, 3.05) is 24.6 Å². The summed E-state index contributed by atoms with van der Waals surface area (Å²) in [5, 5.41) is 28.9. The highest BCUT2D eigenvalue weighted by Gasteiger charge is 2.43. The molecule has 0 radical (unpaired) electrons. The van der Waals surface area contributed by atoms with Crippen LogP contribution in [-0.2, 0) is 4.74 Å². The summed E-state index contributed by atoms with van der Waals surface area (Å²) in [5.41, 5.74) is -0.540. The van der Waals surface area contributed by atoms with E-state index >= 15 is 0 Å². The highest BCUT2D eigenvalue weighted by atomic mass is 16.6. The highest BCUT2D eigenvalue weighted by Crippen LogP contribution is 2.28. The third-order valence-electron chi connectivity index (χ3n) is 4.54. The molecule has 2 saturated heterocycles. The fraction of sp³-hybridized carbons (Fsp3) is 0.733. The Morgan fingerprint density at radius 2 is 1.87 bits per heavy atom. The number of rotatable bonds is 3. The molecule has 1 aromatic rings. The summed E-state index contributed by atoms with van der Waals surface area (Å²) < 4.78 is 6.52. The van der Waals surface area contributed by atoms with E-state index in [-0.39, 0.29) is 0 Å². The van der Waals surface area contributed by atoms with E-state index in [1.54, 1.807) is 6.07 Å². The molecule has 0 spiro atoms. The van der Waals surface area contributed by atoms with Crippen LogP contribution in [0.15, 0.2) is 17.1 Å². The average molecular weight is 325 g/mol. The molecule has 0 saturated carbocycles. The maximum absolute atomic E-state index is 12.3. The number of nitrogens with zero attached hydrogens (tertiary/aromatic N) is 3. The zero-order valence-electron chi connectivity index (χ0n) is 12.9. The zero-order valence-corrected chi connectivity index (χ0v) is 12.9. The van der Waals surface area contributed by atoms with E-state index in [4.69, 9.17) is 9.84 Å². The molecule has 1 aromatic heterocycles. The smallest absolute Gasteiger partial charge is 0.351 e. The molecule has 128 valence electrons. The van der Waals surface area contributed by atoms with Gasteiger partial charge in [-0.25, -0.2) is 4.79 Å². The lowest BCUT2D eigenvalue weighted by Crippen LogP contribution is -2.37. The van der Waals surface area contributed by atoms with Gasteiger partial charge in [-0.3, -0.25) is 4.57 Å². The lowest BCUT2D eigenvalue weighted by atomic mass is 10.1. The SMILES string of the molecule is O=c1nc(N2CCCCCC2)ccn1[C@@H]1O[C@@H](CO)[C@@H](O)[C@@H]1O. The maximum atomic E-state index is 12.3. The molecule has 3 N–H and O–H groups in total. The van der Waals surface area contributed by atoms with Crippen molar-refractivity contribution in [2.24, 2.45) is 0 Å². The first-order valence-electron chi connectivity index (χ1n) is 8.08. The predicted octanol–water partition coefficient (Wildman–Crippen LogP) is -0.765. The van der Waals surface area contributed by atoms with E-state index in [0.717, 1.165) is 30.5 Å². The third-order valence-corrected chi connectivity index (χ3v) is 4.54. The van der Waals surface area contributed by atoms with Gasteiger partial charge in [-0.2, -0.15) is 4.98 Å². The molecule has 0 unspecified atom stereocenters. The van der Waals surface area contributed by atoms with E-state index in [0.29, 0.717) is 5.82 Å². The molecule has 0 amide bonds. The normalized spacial score (nSPS) is 32.0. The Labute approximate surface area is 134 Å². The number of hydrogen-bond acceptors (Lipinski definition) is 7. The van der Waals surface area contributed by atoms with Crippen LogP contribution in [0.4, 0.5) is 5.82 Å². The van der Waals surface area contributed by atoms with Gasteiger partial charge >= 0.3 is 5.69 Å². The summed E-state index contributed by atoms with van der Waals surface area (Å²) in [4.78, 5) is 18.5. The van der Waals surface area contributed by atoms with Gasteiger partial charge < -0.3 is 25.0 Å². The third kappa shape index (κ3) is 3.25. The van der Waals surface area contributed by atoms with Gasteiger partial charge in [-0.15, -0.1) is 0 Å². The molecule has 2 aliphatic rings. The zero-order chi connectivity index (χ0) is 16.4. The second kappa shape index (κ2) is 6.96. The van der Waals surface area contributed by atoms with Crippen LogP contribution in [0.25, 0.3) is 0 Å². The number of aliphatic hydroxyl groups excluding tert-OH is 3. The van der Waals surface area contributed by atoms with Crippen LogP contribution < -0.4 is 10.6 Å². The summed E-state index contributed by atoms with van der Waals surface area (Å²) >= 11 is 0. The minimum Gasteiger partial charge on any atom is -0.394 e. The summed E-state index contributed by atoms with van der Waals surface area (Å²) in [6, 6.07) is 1.72. The lowest BCUT2D eigenvalue weighted by molar-refractivity contribution is -0.0549. The summed E-state index contributed by atoms with van der Waals surface area (Å²) in [5.74, 6) is 0.625. The quantitative estimate of drug-likeness (QED) is 0.670. The van der Waals surface area contributed by atoms with Crippen molar-refractivity contribution >= 4 is 5.82 Å². The average Bonchev–Trinajstić information content (AvgIpc) is 2.76. The Hall–Kier alpha value is -1.48. The Morgan fingerprint density at radius 3 is 2.43 bits per heavy atom. The first kappa shape index (κ1) is 16.4. The minimum absolute atomic E-state index is 0.428. The summed E-state index contributed by atoms with van der Waals surface area (Å²) in [6.07, 6.45) is 1.60. The monoisotopic (exact) mass is 325 g/mol. The number of ether oxygens (including phenoxy) is 1. The number of anilines is 1. The molecule has 23 heavy (non-hydrogen) atoms. The minimum atomic E-state index is -1.28. The van der Waals surface area contributed by atoms with E-state index < -0.39 is 36.8 Å². The number of hydrogen-bond donors (Lipinski definition) is 3. The Bertz CT molecular complexity index is 585. The van der Waals surface area contributed by atoms with Crippen LogP contribution >= 0.6 is 0 Å². The predicted molar refractivity (Wildman–Crippen MR) is 82.2 cm³/mol. The van der Waals surface area contributed by atoms with Gasteiger partial charge in [0.1, 0.15) is 24.1 Å². The van der Waals surface area contributed by atoms with Gasteiger partial charge in [-0.05, 0) is 18.9 Å². The molecule has 0 aromatic carbocycles. The largest absolute Gasteiger partial charge is 0.394 e. The second-order valence-corrected chi connectivity index (χ2v) is 6.11. The van der Waals surface area contributed by atoms with Gasteiger partial charge in [0.2, 0.25) is 0 Å². The molecular formula is C15H23N3O5. The van der Waals surface area contributed by atoms with Crippen LogP contribution in [0.1, 0.15) is 31.9 Å². The topological polar surface area (TPSA) is 108 Å². The Morgan fingerprint density at radius 1 is 1.17 bits per heavy atom. The maximum Gasteiger partial charge on any atom is 0.351 e. The van der Waals surface area contributed by atoms with Crippen molar-refractivity contribution in [2.45, 2.75) is 50.2 Å². The molecule has 8 heteroatoms. The molecule has 4 atom stereocenters. The molecule has 0 aliphatic carbocycles. The first-order chi connectivity index (χ1) is 11.1. The van der Waals surface area contributed by atoms with Gasteiger partial charge in [0.05, 0.1) is 6.61 Å². The van der Waals surface area contributed by atoms with Crippen molar-refractivity contribution in [1.29, 1.82) is 0 Å². The van der Waals surface area contributed by atoms with Crippen molar-refractivity contribution in [3.63, 3.8) is 0 Å². The van der Waals surface area contributed by atoms with E-state index in [9.17, 15) is 15.0 Å². The van der Waals surface area contributed by atoms with E-state index in [1.807, 2.05) is 0 Å².